The molecule has 100 valence electrons. The minimum absolute atomic E-state index is 0.496. The van der Waals surface area contributed by atoms with Crippen molar-refractivity contribution >= 4 is 11.4 Å². The second-order valence-electron chi connectivity index (χ2n) is 5.37. The first-order valence-electron chi connectivity index (χ1n) is 6.77. The summed E-state index contributed by atoms with van der Waals surface area (Å²) in [5.41, 5.74) is 15.9. The van der Waals surface area contributed by atoms with Gasteiger partial charge in [-0.3, -0.25) is 0 Å². The van der Waals surface area contributed by atoms with Crippen LogP contribution in [0.25, 0.3) is 0 Å². The van der Waals surface area contributed by atoms with E-state index < -0.39 is 0 Å². The van der Waals surface area contributed by atoms with Crippen LogP contribution in [0.1, 0.15) is 43.2 Å². The highest BCUT2D eigenvalue weighted by molar-refractivity contribution is 5.42. The molecule has 0 radical (unpaired) electrons. The average molecular weight is 254 g/mol. The van der Waals surface area contributed by atoms with Gasteiger partial charge in [-0.15, -0.1) is 0 Å². The number of benzene rings is 2. The molecule has 0 saturated carbocycles. The summed E-state index contributed by atoms with van der Waals surface area (Å²) in [5, 5.41) is 0. The zero-order valence-corrected chi connectivity index (χ0v) is 11.6. The number of hydrogen-bond donors (Lipinski definition) is 2. The molecular formula is C17H22N2. The van der Waals surface area contributed by atoms with Crippen LogP contribution >= 0.6 is 0 Å². The van der Waals surface area contributed by atoms with Crippen LogP contribution in [-0.4, -0.2) is 0 Å². The van der Waals surface area contributed by atoms with E-state index in [1.54, 1.807) is 0 Å². The van der Waals surface area contributed by atoms with Gasteiger partial charge in [-0.2, -0.15) is 0 Å². The molecule has 2 nitrogen and oxygen atoms in total. The van der Waals surface area contributed by atoms with Crippen LogP contribution in [0.4, 0.5) is 11.4 Å². The van der Waals surface area contributed by atoms with Crippen molar-refractivity contribution in [2.45, 2.75) is 32.1 Å². The van der Waals surface area contributed by atoms with E-state index in [2.05, 4.69) is 38.1 Å². The van der Waals surface area contributed by atoms with Crippen LogP contribution < -0.4 is 11.5 Å². The fourth-order valence-corrected chi connectivity index (χ4v) is 2.49. The van der Waals surface area contributed by atoms with Crippen molar-refractivity contribution < 1.29 is 0 Å². The van der Waals surface area contributed by atoms with E-state index in [1.807, 2.05) is 24.3 Å². The normalized spacial score (nSPS) is 14.0. The Labute approximate surface area is 115 Å². The number of anilines is 2. The molecule has 0 aliphatic heterocycles. The Balaban J connectivity index is 2.06. The Bertz CT molecular complexity index is 531. The maximum absolute atomic E-state index is 5.84. The van der Waals surface area contributed by atoms with Gasteiger partial charge in [0, 0.05) is 11.4 Å². The Morgan fingerprint density at radius 2 is 1.42 bits per heavy atom. The smallest absolute Gasteiger partial charge is 0.0316 e. The topological polar surface area (TPSA) is 52.0 Å². The third kappa shape index (κ3) is 3.50. The van der Waals surface area contributed by atoms with E-state index in [0.717, 1.165) is 17.8 Å². The molecule has 2 aromatic rings. The second-order valence-corrected chi connectivity index (χ2v) is 5.37. The first kappa shape index (κ1) is 13.5. The summed E-state index contributed by atoms with van der Waals surface area (Å²) in [5.74, 6) is 1.01. The van der Waals surface area contributed by atoms with Gasteiger partial charge >= 0.3 is 0 Å². The van der Waals surface area contributed by atoms with E-state index in [9.17, 15) is 0 Å². The molecule has 0 saturated heterocycles. The molecule has 0 aliphatic carbocycles. The number of nitrogens with two attached hydrogens (primary N) is 2. The van der Waals surface area contributed by atoms with Gasteiger partial charge in [-0.1, -0.05) is 38.1 Å². The van der Waals surface area contributed by atoms with Crippen LogP contribution in [0.2, 0.25) is 0 Å². The summed E-state index contributed by atoms with van der Waals surface area (Å²) < 4.78 is 0. The third-order valence-corrected chi connectivity index (χ3v) is 3.69. The van der Waals surface area contributed by atoms with Gasteiger partial charge in [0.1, 0.15) is 0 Å². The largest absolute Gasteiger partial charge is 0.399 e. The number of rotatable bonds is 4. The Morgan fingerprint density at radius 1 is 0.789 bits per heavy atom. The Kier molecular flexibility index (Phi) is 4.10. The summed E-state index contributed by atoms with van der Waals surface area (Å²) >= 11 is 0. The van der Waals surface area contributed by atoms with Gasteiger partial charge in [-0.05, 0) is 53.6 Å². The van der Waals surface area contributed by atoms with Crippen molar-refractivity contribution in [1.29, 1.82) is 0 Å². The van der Waals surface area contributed by atoms with Gasteiger partial charge in [0.2, 0.25) is 0 Å². The molecule has 0 bridgehead atoms. The monoisotopic (exact) mass is 254 g/mol. The zero-order chi connectivity index (χ0) is 13.8. The molecule has 2 atom stereocenters. The first-order chi connectivity index (χ1) is 9.06. The lowest BCUT2D eigenvalue weighted by Crippen LogP contribution is -2.02. The van der Waals surface area contributed by atoms with E-state index in [0.29, 0.717) is 11.8 Å². The lowest BCUT2D eigenvalue weighted by molar-refractivity contribution is 0.593. The fraction of sp³-hybridized carbons (Fsp3) is 0.294. The quantitative estimate of drug-likeness (QED) is 0.805. The molecular weight excluding hydrogens is 232 g/mol. The number of nitrogen functional groups attached to an aromatic ring is 2. The van der Waals surface area contributed by atoms with E-state index in [1.165, 1.54) is 11.1 Å². The van der Waals surface area contributed by atoms with Gasteiger partial charge in [0.05, 0.1) is 0 Å². The average Bonchev–Trinajstić information content (AvgIpc) is 2.39. The van der Waals surface area contributed by atoms with Crippen LogP contribution in [0.5, 0.6) is 0 Å². The Hall–Kier alpha value is -1.96. The molecule has 0 aromatic heterocycles. The fourth-order valence-electron chi connectivity index (χ4n) is 2.49. The van der Waals surface area contributed by atoms with Gasteiger partial charge < -0.3 is 11.5 Å². The van der Waals surface area contributed by atoms with Crippen LogP contribution in [0.3, 0.4) is 0 Å². The van der Waals surface area contributed by atoms with Gasteiger partial charge in [0.25, 0.3) is 0 Å². The van der Waals surface area contributed by atoms with Crippen molar-refractivity contribution in [1.82, 2.24) is 0 Å². The molecule has 0 fully saturated rings. The minimum atomic E-state index is 0.496. The molecule has 2 heteroatoms. The summed E-state index contributed by atoms with van der Waals surface area (Å²) in [4.78, 5) is 0. The maximum Gasteiger partial charge on any atom is 0.0316 e. The molecule has 0 aliphatic rings. The highest BCUT2D eigenvalue weighted by atomic mass is 14.5. The molecule has 0 heterocycles. The first-order valence-corrected chi connectivity index (χ1v) is 6.77. The van der Waals surface area contributed by atoms with Gasteiger partial charge in [-0.25, -0.2) is 0 Å². The molecule has 2 unspecified atom stereocenters. The Morgan fingerprint density at radius 3 is 2.05 bits per heavy atom. The van der Waals surface area contributed by atoms with Gasteiger partial charge in [0.15, 0.2) is 0 Å². The zero-order valence-electron chi connectivity index (χ0n) is 11.6. The number of hydrogen-bond acceptors (Lipinski definition) is 2. The predicted molar refractivity (Wildman–Crippen MR) is 83.2 cm³/mol. The highest BCUT2D eigenvalue weighted by Gasteiger charge is 2.12. The standard InChI is InChI=1S/C17H22N2/c1-12(14-6-8-16(18)9-7-14)10-13(2)15-4-3-5-17(19)11-15/h3-9,11-13H,10,18-19H2,1-2H3. The lowest BCUT2D eigenvalue weighted by Gasteiger charge is -2.18. The van der Waals surface area contributed by atoms with Crippen molar-refractivity contribution in [3.8, 4) is 0 Å². The summed E-state index contributed by atoms with van der Waals surface area (Å²) in [6, 6.07) is 16.3. The third-order valence-electron chi connectivity index (χ3n) is 3.69. The lowest BCUT2D eigenvalue weighted by atomic mass is 9.87. The van der Waals surface area contributed by atoms with E-state index in [4.69, 9.17) is 11.5 Å². The second kappa shape index (κ2) is 5.79. The van der Waals surface area contributed by atoms with Crippen LogP contribution in [-0.2, 0) is 0 Å². The van der Waals surface area contributed by atoms with Crippen molar-refractivity contribution in [3.05, 3.63) is 59.7 Å². The highest BCUT2D eigenvalue weighted by Crippen LogP contribution is 2.30. The minimum Gasteiger partial charge on any atom is -0.399 e. The molecule has 2 rings (SSSR count). The molecule has 2 aromatic carbocycles. The van der Waals surface area contributed by atoms with Crippen LogP contribution in [0.15, 0.2) is 48.5 Å². The SMILES string of the molecule is CC(CC(C)c1cccc(N)c1)c1ccc(N)cc1. The maximum atomic E-state index is 5.84. The summed E-state index contributed by atoms with van der Waals surface area (Å²) in [7, 11) is 0. The predicted octanol–water partition coefficient (Wildman–Crippen LogP) is 4.15. The van der Waals surface area contributed by atoms with Crippen LogP contribution in [0, 0.1) is 0 Å². The summed E-state index contributed by atoms with van der Waals surface area (Å²) in [6.45, 7) is 4.51. The summed E-state index contributed by atoms with van der Waals surface area (Å²) in [6.07, 6.45) is 1.10. The van der Waals surface area contributed by atoms with E-state index >= 15 is 0 Å². The van der Waals surface area contributed by atoms with Crippen molar-refractivity contribution in [2.75, 3.05) is 11.5 Å². The van der Waals surface area contributed by atoms with Crippen molar-refractivity contribution in [3.63, 3.8) is 0 Å². The van der Waals surface area contributed by atoms with Crippen molar-refractivity contribution in [2.24, 2.45) is 0 Å². The molecule has 0 spiro atoms. The van der Waals surface area contributed by atoms with E-state index in [-0.39, 0.29) is 0 Å². The molecule has 19 heavy (non-hydrogen) atoms. The molecule has 0 amide bonds. The molecule has 4 N–H and O–H groups in total.